The number of fused-ring (bicyclic) bond motifs is 1. The number of aryl methyl sites for hydroxylation is 1. The zero-order valence-electron chi connectivity index (χ0n) is 14.1. The summed E-state index contributed by atoms with van der Waals surface area (Å²) >= 11 is 0. The van der Waals surface area contributed by atoms with Crippen molar-refractivity contribution in [2.45, 2.75) is 32.7 Å². The SMILES string of the molecule is Cc1ccc(-c2ncnc3c2cnn3CCN2CCCCC2)cc1. The number of nitrogens with zero attached hydrogens (tertiary/aromatic N) is 5. The van der Waals surface area contributed by atoms with E-state index in [9.17, 15) is 0 Å². The second kappa shape index (κ2) is 6.69. The molecule has 1 saturated heterocycles. The molecular weight excluding hydrogens is 298 g/mol. The van der Waals surface area contributed by atoms with Crippen molar-refractivity contribution < 1.29 is 0 Å². The van der Waals surface area contributed by atoms with Crippen LogP contribution in [0.2, 0.25) is 0 Å². The van der Waals surface area contributed by atoms with E-state index in [1.165, 1.54) is 37.9 Å². The van der Waals surface area contributed by atoms with Crippen molar-refractivity contribution in [3.63, 3.8) is 0 Å². The molecular formula is C19H23N5. The van der Waals surface area contributed by atoms with Crippen molar-refractivity contribution in [3.05, 3.63) is 42.4 Å². The number of piperidine rings is 1. The molecule has 1 aliphatic heterocycles. The van der Waals surface area contributed by atoms with Crippen LogP contribution in [0.5, 0.6) is 0 Å². The lowest BCUT2D eigenvalue weighted by molar-refractivity contribution is 0.219. The fourth-order valence-corrected chi connectivity index (χ4v) is 3.42. The van der Waals surface area contributed by atoms with Gasteiger partial charge < -0.3 is 4.90 Å². The van der Waals surface area contributed by atoms with Crippen LogP contribution in [0.15, 0.2) is 36.8 Å². The van der Waals surface area contributed by atoms with Crippen molar-refractivity contribution in [2.24, 2.45) is 0 Å². The first-order valence-electron chi connectivity index (χ1n) is 8.77. The second-order valence-electron chi connectivity index (χ2n) is 6.60. The molecule has 2 aromatic heterocycles. The Morgan fingerprint density at radius 1 is 0.958 bits per heavy atom. The van der Waals surface area contributed by atoms with Gasteiger partial charge in [0.05, 0.1) is 23.8 Å². The summed E-state index contributed by atoms with van der Waals surface area (Å²) in [5.41, 5.74) is 4.26. The third kappa shape index (κ3) is 3.04. The lowest BCUT2D eigenvalue weighted by atomic mass is 10.1. The van der Waals surface area contributed by atoms with Crippen LogP contribution in [0.4, 0.5) is 0 Å². The van der Waals surface area contributed by atoms with E-state index in [2.05, 4.69) is 51.2 Å². The molecule has 3 aromatic rings. The van der Waals surface area contributed by atoms with Gasteiger partial charge in [-0.05, 0) is 32.9 Å². The topological polar surface area (TPSA) is 46.8 Å². The average molecular weight is 321 g/mol. The van der Waals surface area contributed by atoms with Gasteiger partial charge in [-0.1, -0.05) is 36.2 Å². The van der Waals surface area contributed by atoms with E-state index in [4.69, 9.17) is 0 Å². The largest absolute Gasteiger partial charge is 0.301 e. The highest BCUT2D eigenvalue weighted by Crippen LogP contribution is 2.25. The van der Waals surface area contributed by atoms with Crippen LogP contribution in [0, 0.1) is 6.92 Å². The van der Waals surface area contributed by atoms with Crippen LogP contribution in [0.3, 0.4) is 0 Å². The molecule has 0 amide bonds. The minimum atomic E-state index is 0.883. The standard InChI is InChI=1S/C19H23N5/c1-15-5-7-16(8-6-15)18-17-13-22-24(19(17)21-14-20-18)12-11-23-9-3-2-4-10-23/h5-8,13-14H,2-4,9-12H2,1H3. The molecule has 0 unspecified atom stereocenters. The number of rotatable bonds is 4. The van der Waals surface area contributed by atoms with Crippen molar-refractivity contribution >= 4 is 11.0 Å². The lowest BCUT2D eigenvalue weighted by Gasteiger charge is -2.26. The molecule has 0 bridgehead atoms. The summed E-state index contributed by atoms with van der Waals surface area (Å²) in [6.45, 7) is 6.44. The average Bonchev–Trinajstić information content (AvgIpc) is 3.05. The van der Waals surface area contributed by atoms with E-state index in [-0.39, 0.29) is 0 Å². The summed E-state index contributed by atoms with van der Waals surface area (Å²) in [6.07, 6.45) is 7.56. The van der Waals surface area contributed by atoms with Gasteiger partial charge in [0, 0.05) is 12.1 Å². The van der Waals surface area contributed by atoms with Crippen molar-refractivity contribution in [2.75, 3.05) is 19.6 Å². The normalized spacial score (nSPS) is 15.9. The van der Waals surface area contributed by atoms with Gasteiger partial charge in [-0.15, -0.1) is 0 Å². The fourth-order valence-electron chi connectivity index (χ4n) is 3.42. The van der Waals surface area contributed by atoms with Crippen molar-refractivity contribution in [1.29, 1.82) is 0 Å². The van der Waals surface area contributed by atoms with Gasteiger partial charge in [-0.25, -0.2) is 14.6 Å². The highest BCUT2D eigenvalue weighted by Gasteiger charge is 2.13. The highest BCUT2D eigenvalue weighted by atomic mass is 15.3. The minimum Gasteiger partial charge on any atom is -0.301 e. The molecule has 1 aromatic carbocycles. The van der Waals surface area contributed by atoms with E-state index in [1.807, 2.05) is 10.9 Å². The molecule has 1 fully saturated rings. The van der Waals surface area contributed by atoms with Gasteiger partial charge in [-0.3, -0.25) is 0 Å². The maximum atomic E-state index is 4.57. The molecule has 0 aliphatic carbocycles. The number of aromatic nitrogens is 4. The molecule has 4 rings (SSSR count). The monoisotopic (exact) mass is 321 g/mol. The quantitative estimate of drug-likeness (QED) is 0.740. The third-order valence-electron chi connectivity index (χ3n) is 4.84. The molecule has 0 spiro atoms. The number of benzene rings is 1. The van der Waals surface area contributed by atoms with Crippen LogP contribution < -0.4 is 0 Å². The van der Waals surface area contributed by atoms with E-state index in [0.29, 0.717) is 0 Å². The summed E-state index contributed by atoms with van der Waals surface area (Å²) < 4.78 is 2.02. The summed E-state index contributed by atoms with van der Waals surface area (Å²) in [5.74, 6) is 0. The van der Waals surface area contributed by atoms with Crippen molar-refractivity contribution in [1.82, 2.24) is 24.6 Å². The second-order valence-corrected chi connectivity index (χ2v) is 6.60. The Morgan fingerprint density at radius 2 is 1.75 bits per heavy atom. The summed E-state index contributed by atoms with van der Waals surface area (Å²) in [7, 11) is 0. The molecule has 124 valence electrons. The lowest BCUT2D eigenvalue weighted by Crippen LogP contribution is -2.32. The molecule has 0 saturated carbocycles. The fraction of sp³-hybridized carbons (Fsp3) is 0.421. The Bertz CT molecular complexity index is 815. The Labute approximate surface area is 142 Å². The zero-order valence-corrected chi connectivity index (χ0v) is 14.1. The van der Waals surface area contributed by atoms with Gasteiger partial charge >= 0.3 is 0 Å². The van der Waals surface area contributed by atoms with Crippen molar-refractivity contribution in [3.8, 4) is 11.3 Å². The van der Waals surface area contributed by atoms with Gasteiger partial charge in [0.2, 0.25) is 0 Å². The number of hydrogen-bond acceptors (Lipinski definition) is 4. The maximum absolute atomic E-state index is 4.57. The predicted octanol–water partition coefficient (Wildman–Crippen LogP) is 3.29. The summed E-state index contributed by atoms with van der Waals surface area (Å²) in [5, 5.41) is 5.60. The van der Waals surface area contributed by atoms with Crippen LogP contribution in [-0.4, -0.2) is 44.3 Å². The Morgan fingerprint density at radius 3 is 2.54 bits per heavy atom. The Kier molecular flexibility index (Phi) is 4.26. The smallest absolute Gasteiger partial charge is 0.161 e. The zero-order chi connectivity index (χ0) is 16.4. The number of likely N-dealkylation sites (tertiary alicyclic amines) is 1. The van der Waals surface area contributed by atoms with Crippen LogP contribution in [0.25, 0.3) is 22.3 Å². The molecule has 24 heavy (non-hydrogen) atoms. The molecule has 0 N–H and O–H groups in total. The van der Waals surface area contributed by atoms with E-state index in [1.54, 1.807) is 6.33 Å². The van der Waals surface area contributed by atoms with Gasteiger partial charge in [0.25, 0.3) is 0 Å². The molecule has 5 heteroatoms. The van der Waals surface area contributed by atoms with Gasteiger partial charge in [-0.2, -0.15) is 5.10 Å². The summed E-state index contributed by atoms with van der Waals surface area (Å²) in [4.78, 5) is 11.5. The predicted molar refractivity (Wildman–Crippen MR) is 95.8 cm³/mol. The molecule has 3 heterocycles. The first kappa shape index (κ1) is 15.3. The Hall–Kier alpha value is -2.27. The van der Waals surface area contributed by atoms with Crippen LogP contribution in [0.1, 0.15) is 24.8 Å². The molecule has 5 nitrogen and oxygen atoms in total. The van der Waals surface area contributed by atoms with Gasteiger partial charge in [0.1, 0.15) is 6.33 Å². The molecule has 0 atom stereocenters. The summed E-state index contributed by atoms with van der Waals surface area (Å²) in [6, 6.07) is 8.46. The minimum absolute atomic E-state index is 0.883. The third-order valence-corrected chi connectivity index (χ3v) is 4.84. The van der Waals surface area contributed by atoms with Crippen LogP contribution >= 0.6 is 0 Å². The van der Waals surface area contributed by atoms with E-state index < -0.39 is 0 Å². The first-order chi connectivity index (χ1) is 11.8. The Balaban J connectivity index is 1.60. The first-order valence-corrected chi connectivity index (χ1v) is 8.77. The van der Waals surface area contributed by atoms with E-state index >= 15 is 0 Å². The van der Waals surface area contributed by atoms with Gasteiger partial charge in [0.15, 0.2) is 5.65 Å². The van der Waals surface area contributed by atoms with Crippen LogP contribution in [-0.2, 0) is 6.54 Å². The number of hydrogen-bond donors (Lipinski definition) is 0. The maximum Gasteiger partial charge on any atom is 0.161 e. The molecule has 1 aliphatic rings. The van der Waals surface area contributed by atoms with E-state index in [0.717, 1.165) is 35.4 Å². The highest BCUT2D eigenvalue weighted by molar-refractivity contribution is 5.89. The molecule has 0 radical (unpaired) electrons.